The maximum absolute atomic E-state index is 14.3. The van der Waals surface area contributed by atoms with E-state index in [2.05, 4.69) is 15.0 Å². The van der Waals surface area contributed by atoms with Crippen molar-refractivity contribution in [1.82, 2.24) is 19.5 Å². The summed E-state index contributed by atoms with van der Waals surface area (Å²) < 4.78 is 9.51. The molecule has 11 nitrogen and oxygen atoms in total. The minimum Gasteiger partial charge on any atom is -0.460 e. The summed E-state index contributed by atoms with van der Waals surface area (Å²) in [6.07, 6.45) is 0. The molecule has 0 atom stereocenters. The van der Waals surface area contributed by atoms with Gasteiger partial charge in [-0.25, -0.2) is 19.7 Å². The van der Waals surface area contributed by atoms with Crippen LogP contribution in [-0.2, 0) is 23.6 Å². The second-order valence-corrected chi connectivity index (χ2v) is 20.3. The number of thiazole rings is 1. The van der Waals surface area contributed by atoms with E-state index in [0.717, 1.165) is 27.5 Å². The molecule has 0 aliphatic carbocycles. The van der Waals surface area contributed by atoms with Crippen molar-refractivity contribution >= 4 is 127 Å². The Hall–Kier alpha value is -4.28. The summed E-state index contributed by atoms with van der Waals surface area (Å²) in [5, 5.41) is 0.653. The van der Waals surface area contributed by atoms with Crippen molar-refractivity contribution in [3.8, 4) is 11.4 Å². The summed E-state index contributed by atoms with van der Waals surface area (Å²) >= 11 is 38.5. The highest BCUT2D eigenvalue weighted by Gasteiger charge is 2.34. The zero-order valence-corrected chi connectivity index (χ0v) is 39.3. The Morgan fingerprint density at radius 2 is 1.30 bits per heavy atom. The Labute approximate surface area is 399 Å². The third-order valence-electron chi connectivity index (χ3n) is 9.43. The molecular weight excluding hydrogens is 971 g/mol. The molecule has 19 heteroatoms. The molecule has 0 saturated carbocycles. The summed E-state index contributed by atoms with van der Waals surface area (Å²) in [4.78, 5) is 70.9. The highest BCUT2D eigenvalue weighted by atomic mass is 35.6. The summed E-state index contributed by atoms with van der Waals surface area (Å²) in [6, 6.07) is 29.3. The summed E-state index contributed by atoms with van der Waals surface area (Å²) in [6.45, 7) is 4.61. The van der Waals surface area contributed by atoms with Gasteiger partial charge < -0.3 is 14.4 Å². The van der Waals surface area contributed by atoms with Gasteiger partial charge in [0.25, 0.3) is 5.56 Å². The number of fused-ring (bicyclic) bond motifs is 1. The van der Waals surface area contributed by atoms with Crippen LogP contribution in [0.2, 0.25) is 0 Å². The van der Waals surface area contributed by atoms with E-state index in [9.17, 15) is 19.2 Å². The summed E-state index contributed by atoms with van der Waals surface area (Å²) in [5.74, 6) is -2.01. The molecule has 63 heavy (non-hydrogen) atoms. The number of benzene rings is 4. The first-order valence-electron chi connectivity index (χ1n) is 19.0. The number of ether oxygens (including phenoxy) is 2. The Kier molecular flexibility index (Phi) is 14.7. The minimum absolute atomic E-state index is 0.0467. The second kappa shape index (κ2) is 19.9. The molecule has 3 heterocycles. The second-order valence-electron chi connectivity index (χ2n) is 13.7. The van der Waals surface area contributed by atoms with Crippen LogP contribution in [-0.4, -0.2) is 63.4 Å². The lowest BCUT2D eigenvalue weighted by molar-refractivity contribution is 0.0328. The van der Waals surface area contributed by atoms with Crippen LogP contribution in [0, 0.1) is 6.92 Å². The number of halogens is 6. The van der Waals surface area contributed by atoms with E-state index < -0.39 is 25.1 Å². The van der Waals surface area contributed by atoms with Crippen molar-refractivity contribution in [3.05, 3.63) is 157 Å². The maximum Gasteiger partial charge on any atom is 0.338 e. The average molecular weight is 1000 g/mol. The Morgan fingerprint density at radius 1 is 0.714 bits per heavy atom. The van der Waals surface area contributed by atoms with Crippen LogP contribution in [0.4, 0.5) is 5.69 Å². The molecule has 324 valence electrons. The van der Waals surface area contributed by atoms with E-state index in [1.54, 1.807) is 72.8 Å². The van der Waals surface area contributed by atoms with Crippen molar-refractivity contribution in [3.63, 3.8) is 0 Å². The van der Waals surface area contributed by atoms with Gasteiger partial charge in [0.15, 0.2) is 29.0 Å². The van der Waals surface area contributed by atoms with Crippen LogP contribution in [0.1, 0.15) is 55.2 Å². The van der Waals surface area contributed by atoms with Crippen molar-refractivity contribution in [2.24, 2.45) is 0 Å². The number of hydrogen-bond donors (Lipinski definition) is 0. The number of aromatic nitrogens is 4. The lowest BCUT2D eigenvalue weighted by Crippen LogP contribution is -2.36. The molecule has 0 radical (unpaired) electrons. The van der Waals surface area contributed by atoms with E-state index in [4.69, 9.17) is 79.1 Å². The molecule has 0 saturated heterocycles. The largest absolute Gasteiger partial charge is 0.460 e. The number of rotatable bonds is 13. The first-order valence-corrected chi connectivity index (χ1v) is 22.9. The van der Waals surface area contributed by atoms with Crippen molar-refractivity contribution < 1.29 is 23.9 Å². The number of carbonyl (C=O) groups is 3. The van der Waals surface area contributed by atoms with Crippen LogP contribution >= 0.6 is 92.7 Å². The smallest absolute Gasteiger partial charge is 0.338 e. The fourth-order valence-electron chi connectivity index (χ4n) is 6.42. The molecule has 1 aliphatic rings. The summed E-state index contributed by atoms with van der Waals surface area (Å²) in [7, 11) is 0. The number of esters is 1. The normalized spacial score (nSPS) is 13.5. The molecule has 2 aromatic heterocycles. The van der Waals surface area contributed by atoms with Gasteiger partial charge in [0, 0.05) is 34.7 Å². The number of alkyl halides is 6. The van der Waals surface area contributed by atoms with Crippen LogP contribution in [0.3, 0.4) is 0 Å². The minimum atomic E-state index is -2.03. The first-order chi connectivity index (χ1) is 30.0. The molecule has 0 unspecified atom stereocenters. The molecule has 0 amide bonds. The van der Waals surface area contributed by atoms with E-state index in [-0.39, 0.29) is 65.2 Å². The lowest BCUT2D eigenvalue weighted by Gasteiger charge is -2.20. The fraction of sp³-hybridized carbons (Fsp3) is 0.205. The van der Waals surface area contributed by atoms with Gasteiger partial charge in [-0.3, -0.25) is 19.0 Å². The van der Waals surface area contributed by atoms with Crippen molar-refractivity contribution in [2.45, 2.75) is 32.9 Å². The topological polar surface area (TPSA) is 134 Å². The highest BCUT2D eigenvalue weighted by Crippen LogP contribution is 2.46. The molecule has 4 aromatic carbocycles. The van der Waals surface area contributed by atoms with Gasteiger partial charge in [-0.2, -0.15) is 0 Å². The standard InChI is InChI=1S/C44H33Cl6N5O6S2/c1-3-54-37(58)35(63-38(54)32(33(56)26-10-6-4-7-11-26)34(57)27-12-8-5-9-13-27)39-55(30-19-14-25(2)24-31(30)62-39)20-21-60-22-23-61-40(59)29-17-15-28(16-18-29)36-51-41(43(45,46)47)53-42(52-36)44(48,49)50/h4-19,24H,3,20-23H2,1-2H3. The van der Waals surface area contributed by atoms with E-state index in [0.29, 0.717) is 32.8 Å². The number of anilines is 1. The van der Waals surface area contributed by atoms with Gasteiger partial charge >= 0.3 is 5.97 Å². The van der Waals surface area contributed by atoms with Gasteiger partial charge in [-0.15, -0.1) is 11.3 Å². The number of Topliss-reactive ketones (excluding diaryl/α,β-unsaturated/α-hetero) is 2. The quantitative estimate of drug-likeness (QED) is 0.0361. The highest BCUT2D eigenvalue weighted by molar-refractivity contribution is 8.08. The van der Waals surface area contributed by atoms with Crippen LogP contribution in [0.25, 0.3) is 22.0 Å². The van der Waals surface area contributed by atoms with Gasteiger partial charge in [0.05, 0.1) is 24.5 Å². The molecule has 0 spiro atoms. The Morgan fingerprint density at radius 3 is 1.86 bits per heavy atom. The number of ketones is 2. The predicted octanol–water partition coefficient (Wildman–Crippen LogP) is 9.21. The third kappa shape index (κ3) is 10.6. The number of aryl methyl sites for hydroxylation is 1. The number of nitrogens with zero attached hydrogens (tertiary/aromatic N) is 5. The van der Waals surface area contributed by atoms with Crippen LogP contribution in [0.5, 0.6) is 0 Å². The lowest BCUT2D eigenvalue weighted by atomic mass is 9.96. The van der Waals surface area contributed by atoms with E-state index in [1.165, 1.54) is 28.5 Å². The van der Waals surface area contributed by atoms with Gasteiger partial charge in [0.2, 0.25) is 7.59 Å². The third-order valence-corrected chi connectivity index (χ3v) is 12.9. The Bertz CT molecular complexity index is 2800. The van der Waals surface area contributed by atoms with Crippen molar-refractivity contribution in [1.29, 1.82) is 0 Å². The van der Waals surface area contributed by atoms with E-state index >= 15 is 0 Å². The molecule has 7 rings (SSSR count). The fourth-order valence-corrected chi connectivity index (χ4v) is 9.59. The van der Waals surface area contributed by atoms with E-state index in [1.807, 2.05) is 36.9 Å². The molecule has 6 aromatic rings. The molecule has 0 N–H and O–H groups in total. The van der Waals surface area contributed by atoms with Gasteiger partial charge in [-0.05, 0) is 43.7 Å². The number of thioether (sulfide) groups is 1. The van der Waals surface area contributed by atoms with Gasteiger partial charge in [0.1, 0.15) is 26.4 Å². The molecule has 0 bridgehead atoms. The molecule has 0 fully saturated rings. The number of carbonyl (C=O) groups excluding carboxylic acids is 3. The zero-order chi connectivity index (χ0) is 45.1. The maximum atomic E-state index is 14.3. The predicted molar refractivity (Wildman–Crippen MR) is 251 cm³/mol. The van der Waals surface area contributed by atoms with Gasteiger partial charge in [-0.1, -0.05) is 160 Å². The first kappa shape index (κ1) is 46.7. The SMILES string of the molecule is CCn1c(=C(C(=O)c2ccccc2)C(=O)c2ccccc2)sc(=C2Sc3cc(C)ccc3N2CCOCCOC(=O)c2ccc(-c3nc(C(Cl)(Cl)Cl)nc(C(Cl)(Cl)Cl)n3)cc2)c1=O. The monoisotopic (exact) mass is 1000 g/mol. The average Bonchev–Trinajstić information content (AvgIpc) is 3.79. The zero-order valence-electron chi connectivity index (χ0n) is 33.1. The summed E-state index contributed by atoms with van der Waals surface area (Å²) in [5.41, 5.74) is 2.86. The van der Waals surface area contributed by atoms with Crippen LogP contribution < -0.4 is 19.7 Å². The Balaban J connectivity index is 1.09. The number of hydrogen-bond acceptors (Lipinski definition) is 12. The molecule has 1 aliphatic heterocycles. The molecular formula is C44H33Cl6N5O6S2. The van der Waals surface area contributed by atoms with Crippen LogP contribution in [0.15, 0.2) is 113 Å². The van der Waals surface area contributed by atoms with Crippen molar-refractivity contribution in [2.75, 3.05) is 31.3 Å².